The number of nitrogen functional groups attached to an aromatic ring is 1. The first kappa shape index (κ1) is 11.2. The van der Waals surface area contributed by atoms with Crippen molar-refractivity contribution in [2.24, 2.45) is 7.05 Å². The molecule has 0 aliphatic carbocycles. The fraction of sp³-hybridized carbons (Fsp3) is 0.300. The van der Waals surface area contributed by atoms with Gasteiger partial charge in [0.15, 0.2) is 0 Å². The molecule has 0 bridgehead atoms. The lowest BCUT2D eigenvalue weighted by Crippen LogP contribution is -2.18. The second-order valence-electron chi connectivity index (χ2n) is 3.61. The summed E-state index contributed by atoms with van der Waals surface area (Å²) >= 11 is 0. The Bertz CT molecular complexity index is 541. The Kier molecular flexibility index (Phi) is 2.82. The van der Waals surface area contributed by atoms with Gasteiger partial charge in [0.25, 0.3) is 5.91 Å². The van der Waals surface area contributed by atoms with Crippen LogP contribution in [0.2, 0.25) is 0 Å². The Balaban J connectivity index is 2.23. The number of hydrogen-bond donors (Lipinski definition) is 2. The molecule has 1 amide bonds. The summed E-state index contributed by atoms with van der Waals surface area (Å²) in [6.07, 6.45) is 3.11. The summed E-state index contributed by atoms with van der Waals surface area (Å²) in [6, 6.07) is 1.63. The summed E-state index contributed by atoms with van der Waals surface area (Å²) in [5.74, 6) is 0.150. The second kappa shape index (κ2) is 4.28. The van der Waals surface area contributed by atoms with Crippen LogP contribution in [0.25, 0.3) is 0 Å². The number of nitrogens with zero attached hydrogens (tertiary/aromatic N) is 4. The van der Waals surface area contributed by atoms with Gasteiger partial charge in [-0.2, -0.15) is 10.1 Å². The molecule has 0 saturated heterocycles. The fourth-order valence-corrected chi connectivity index (χ4v) is 1.56. The van der Waals surface area contributed by atoms with Crippen molar-refractivity contribution in [1.82, 2.24) is 19.3 Å². The Morgan fingerprint density at radius 1 is 1.59 bits per heavy atom. The quantitative estimate of drug-likeness (QED) is 0.807. The molecule has 2 aromatic heterocycles. The molecule has 0 aliphatic heterocycles. The van der Waals surface area contributed by atoms with Crippen LogP contribution in [-0.4, -0.2) is 25.2 Å². The van der Waals surface area contributed by atoms with E-state index >= 15 is 0 Å². The molecule has 0 unspecified atom stereocenters. The van der Waals surface area contributed by atoms with Gasteiger partial charge in [-0.3, -0.25) is 10.1 Å². The molecule has 90 valence electrons. The summed E-state index contributed by atoms with van der Waals surface area (Å²) in [6.45, 7) is 2.62. The standard InChI is InChI=1S/C10H14N6O/c1-3-16-5-7(11)4-8(16)9(17)14-10-12-6-13-15(10)2/h4-6H,3,11H2,1-2H3,(H,12,13,14,17). The number of nitrogens with one attached hydrogen (secondary N) is 1. The van der Waals surface area contributed by atoms with Gasteiger partial charge in [0.2, 0.25) is 5.95 Å². The van der Waals surface area contributed by atoms with E-state index in [0.717, 1.165) is 0 Å². The highest BCUT2D eigenvalue weighted by molar-refractivity contribution is 6.02. The van der Waals surface area contributed by atoms with E-state index in [9.17, 15) is 4.79 Å². The smallest absolute Gasteiger partial charge is 0.274 e. The molecular formula is C10H14N6O. The van der Waals surface area contributed by atoms with Gasteiger partial charge in [-0.05, 0) is 13.0 Å². The monoisotopic (exact) mass is 234 g/mol. The van der Waals surface area contributed by atoms with Crippen LogP contribution in [0.4, 0.5) is 11.6 Å². The topological polar surface area (TPSA) is 90.8 Å². The van der Waals surface area contributed by atoms with Gasteiger partial charge in [-0.15, -0.1) is 0 Å². The van der Waals surface area contributed by atoms with Gasteiger partial charge < -0.3 is 10.3 Å². The minimum absolute atomic E-state index is 0.250. The van der Waals surface area contributed by atoms with E-state index in [1.54, 1.807) is 23.9 Å². The number of rotatable bonds is 3. The molecule has 0 spiro atoms. The highest BCUT2D eigenvalue weighted by Gasteiger charge is 2.14. The highest BCUT2D eigenvalue weighted by atomic mass is 16.2. The zero-order chi connectivity index (χ0) is 12.4. The number of nitrogens with two attached hydrogens (primary N) is 1. The SMILES string of the molecule is CCn1cc(N)cc1C(=O)Nc1ncnn1C. The molecule has 2 heterocycles. The van der Waals surface area contributed by atoms with Crippen LogP contribution >= 0.6 is 0 Å². The van der Waals surface area contributed by atoms with Gasteiger partial charge in [-0.1, -0.05) is 0 Å². The van der Waals surface area contributed by atoms with E-state index in [1.807, 2.05) is 6.92 Å². The lowest BCUT2D eigenvalue weighted by molar-refractivity contribution is 0.101. The van der Waals surface area contributed by atoms with Gasteiger partial charge in [0, 0.05) is 19.8 Å². The van der Waals surface area contributed by atoms with Crippen LogP contribution in [0.15, 0.2) is 18.6 Å². The maximum absolute atomic E-state index is 12.0. The summed E-state index contributed by atoms with van der Waals surface area (Å²) in [5, 5.41) is 6.54. The number of anilines is 2. The molecule has 7 heteroatoms. The van der Waals surface area contributed by atoms with Gasteiger partial charge in [0.1, 0.15) is 12.0 Å². The second-order valence-corrected chi connectivity index (χ2v) is 3.61. The maximum Gasteiger partial charge on any atom is 0.274 e. The average molecular weight is 234 g/mol. The Labute approximate surface area is 98.2 Å². The summed E-state index contributed by atoms with van der Waals surface area (Å²) in [4.78, 5) is 15.9. The molecule has 0 radical (unpaired) electrons. The predicted molar refractivity (Wildman–Crippen MR) is 63.5 cm³/mol. The maximum atomic E-state index is 12.0. The van der Waals surface area contributed by atoms with Crippen LogP contribution in [0, 0.1) is 0 Å². The third kappa shape index (κ3) is 2.12. The third-order valence-corrected chi connectivity index (χ3v) is 2.43. The lowest BCUT2D eigenvalue weighted by atomic mass is 10.4. The number of carbonyl (C=O) groups is 1. The first-order valence-electron chi connectivity index (χ1n) is 5.22. The van der Waals surface area contributed by atoms with Gasteiger partial charge in [-0.25, -0.2) is 4.68 Å². The van der Waals surface area contributed by atoms with E-state index in [2.05, 4.69) is 15.4 Å². The first-order chi connectivity index (χ1) is 8.11. The van der Waals surface area contributed by atoms with Crippen molar-refractivity contribution < 1.29 is 4.79 Å². The van der Waals surface area contributed by atoms with Crippen molar-refractivity contribution in [3.63, 3.8) is 0 Å². The van der Waals surface area contributed by atoms with Crippen LogP contribution in [-0.2, 0) is 13.6 Å². The summed E-state index contributed by atoms with van der Waals surface area (Å²) < 4.78 is 3.27. The number of amides is 1. The van der Waals surface area contributed by atoms with Crippen molar-refractivity contribution in [2.45, 2.75) is 13.5 Å². The Morgan fingerprint density at radius 3 is 2.94 bits per heavy atom. The van der Waals surface area contributed by atoms with Crippen molar-refractivity contribution in [2.75, 3.05) is 11.1 Å². The van der Waals surface area contributed by atoms with Crippen molar-refractivity contribution in [3.05, 3.63) is 24.3 Å². The van der Waals surface area contributed by atoms with E-state index in [0.29, 0.717) is 23.9 Å². The molecular weight excluding hydrogens is 220 g/mol. The molecule has 2 aromatic rings. The minimum Gasteiger partial charge on any atom is -0.397 e. The average Bonchev–Trinajstić information content (AvgIpc) is 2.85. The van der Waals surface area contributed by atoms with Crippen molar-refractivity contribution in [1.29, 1.82) is 0 Å². The third-order valence-electron chi connectivity index (χ3n) is 2.43. The van der Waals surface area contributed by atoms with Crippen molar-refractivity contribution >= 4 is 17.5 Å². The van der Waals surface area contributed by atoms with Crippen LogP contribution in [0.5, 0.6) is 0 Å². The van der Waals surface area contributed by atoms with E-state index in [4.69, 9.17) is 5.73 Å². The molecule has 0 fully saturated rings. The molecule has 0 atom stereocenters. The lowest BCUT2D eigenvalue weighted by Gasteiger charge is -2.06. The zero-order valence-electron chi connectivity index (χ0n) is 9.71. The normalized spacial score (nSPS) is 10.5. The van der Waals surface area contributed by atoms with Crippen LogP contribution < -0.4 is 11.1 Å². The zero-order valence-corrected chi connectivity index (χ0v) is 9.71. The highest BCUT2D eigenvalue weighted by Crippen LogP contribution is 2.12. The largest absolute Gasteiger partial charge is 0.397 e. The molecule has 17 heavy (non-hydrogen) atoms. The van der Waals surface area contributed by atoms with Crippen molar-refractivity contribution in [3.8, 4) is 0 Å². The van der Waals surface area contributed by atoms with Crippen LogP contribution in [0.3, 0.4) is 0 Å². The minimum atomic E-state index is -0.250. The predicted octanol–water partition coefficient (Wildman–Crippen LogP) is 0.471. The molecule has 7 nitrogen and oxygen atoms in total. The Morgan fingerprint density at radius 2 is 2.35 bits per heavy atom. The summed E-state index contributed by atoms with van der Waals surface area (Å²) in [7, 11) is 1.70. The Hall–Kier alpha value is -2.31. The number of aryl methyl sites for hydroxylation is 2. The number of carbonyl (C=O) groups excluding carboxylic acids is 1. The summed E-state index contributed by atoms with van der Waals surface area (Å²) in [5.41, 5.74) is 6.73. The fourth-order valence-electron chi connectivity index (χ4n) is 1.56. The number of aromatic nitrogens is 4. The van der Waals surface area contributed by atoms with Crippen LogP contribution in [0.1, 0.15) is 17.4 Å². The van der Waals surface area contributed by atoms with E-state index in [-0.39, 0.29) is 5.91 Å². The van der Waals surface area contributed by atoms with Gasteiger partial charge in [0.05, 0.1) is 5.69 Å². The molecule has 3 N–H and O–H groups in total. The van der Waals surface area contributed by atoms with Gasteiger partial charge >= 0.3 is 0 Å². The molecule has 0 aromatic carbocycles. The molecule has 2 rings (SSSR count). The number of hydrogen-bond acceptors (Lipinski definition) is 4. The molecule has 0 aliphatic rings. The first-order valence-corrected chi connectivity index (χ1v) is 5.22. The van der Waals surface area contributed by atoms with E-state index < -0.39 is 0 Å². The van der Waals surface area contributed by atoms with E-state index in [1.165, 1.54) is 11.0 Å². The molecule has 0 saturated carbocycles.